The van der Waals surface area contributed by atoms with Gasteiger partial charge in [0, 0.05) is 39.3 Å². The van der Waals surface area contributed by atoms with Crippen molar-refractivity contribution in [3.63, 3.8) is 0 Å². The molecule has 1 aromatic carbocycles. The molecule has 7 heteroatoms. The summed E-state index contributed by atoms with van der Waals surface area (Å²) in [6.45, 7) is 1.92. The summed E-state index contributed by atoms with van der Waals surface area (Å²) in [5.41, 5.74) is 1.82. The van der Waals surface area contributed by atoms with E-state index in [2.05, 4.69) is 10.4 Å². The number of amides is 2. The Morgan fingerprint density at radius 2 is 2.00 bits per heavy atom. The van der Waals surface area contributed by atoms with Gasteiger partial charge >= 0.3 is 0 Å². The summed E-state index contributed by atoms with van der Waals surface area (Å²) in [6, 6.07) is 6.95. The van der Waals surface area contributed by atoms with Crippen LogP contribution in [0.4, 0.5) is 0 Å². The van der Waals surface area contributed by atoms with Gasteiger partial charge in [0.25, 0.3) is 0 Å². The van der Waals surface area contributed by atoms with Crippen LogP contribution in [0.2, 0.25) is 0 Å². The van der Waals surface area contributed by atoms with Crippen LogP contribution in [0.5, 0.6) is 5.75 Å². The molecule has 25 heavy (non-hydrogen) atoms. The summed E-state index contributed by atoms with van der Waals surface area (Å²) in [4.78, 5) is 25.7. The summed E-state index contributed by atoms with van der Waals surface area (Å²) >= 11 is 0. The molecule has 2 rings (SSSR count). The van der Waals surface area contributed by atoms with E-state index >= 15 is 0 Å². The number of hydrogen-bond acceptors (Lipinski definition) is 4. The predicted molar refractivity (Wildman–Crippen MR) is 93.9 cm³/mol. The molecular weight excluding hydrogens is 320 g/mol. The molecule has 7 nitrogen and oxygen atoms in total. The van der Waals surface area contributed by atoms with Gasteiger partial charge in [0.15, 0.2) is 0 Å². The molecule has 134 valence electrons. The molecule has 0 fully saturated rings. The maximum Gasteiger partial charge on any atom is 0.225 e. The largest absolute Gasteiger partial charge is 0.497 e. The standard InChI is InChI=1S/C18H24N4O3/c1-13(23)20-17(15-5-7-16(25-4)8-6-15)9-18(24)21(2)11-14-10-19-22(3)12-14/h5-8,10,12,17H,9,11H2,1-4H3,(H,20,23). The third-order valence-electron chi connectivity index (χ3n) is 3.88. The number of nitrogens with one attached hydrogen (secondary N) is 1. The fourth-order valence-corrected chi connectivity index (χ4v) is 2.58. The second-order valence-corrected chi connectivity index (χ2v) is 6.00. The second-order valence-electron chi connectivity index (χ2n) is 6.00. The Bertz CT molecular complexity index is 724. The minimum Gasteiger partial charge on any atom is -0.497 e. The Morgan fingerprint density at radius 1 is 1.32 bits per heavy atom. The first-order chi connectivity index (χ1) is 11.9. The molecule has 1 atom stereocenters. The predicted octanol–water partition coefficient (Wildman–Crippen LogP) is 1.65. The number of methoxy groups -OCH3 is 1. The van der Waals surface area contributed by atoms with Crippen LogP contribution >= 0.6 is 0 Å². The van der Waals surface area contributed by atoms with Gasteiger partial charge in [-0.15, -0.1) is 0 Å². The first-order valence-corrected chi connectivity index (χ1v) is 8.01. The zero-order valence-corrected chi connectivity index (χ0v) is 15.0. The van der Waals surface area contributed by atoms with E-state index in [9.17, 15) is 9.59 Å². The Morgan fingerprint density at radius 3 is 2.52 bits per heavy atom. The highest BCUT2D eigenvalue weighted by molar-refractivity contribution is 5.79. The van der Waals surface area contributed by atoms with Crippen molar-refractivity contribution < 1.29 is 14.3 Å². The summed E-state index contributed by atoms with van der Waals surface area (Å²) in [5.74, 6) is 0.493. The van der Waals surface area contributed by atoms with E-state index < -0.39 is 0 Å². The lowest BCUT2D eigenvalue weighted by molar-refractivity contribution is -0.131. The van der Waals surface area contributed by atoms with Crippen molar-refractivity contribution in [3.8, 4) is 5.75 Å². The number of rotatable bonds is 7. The Kier molecular flexibility index (Phi) is 6.16. The number of carbonyl (C=O) groups is 2. The maximum atomic E-state index is 12.6. The van der Waals surface area contributed by atoms with Crippen LogP contribution in [-0.4, -0.2) is 40.7 Å². The summed E-state index contributed by atoms with van der Waals surface area (Å²) in [7, 11) is 5.17. The fourth-order valence-electron chi connectivity index (χ4n) is 2.58. The fraction of sp³-hybridized carbons (Fsp3) is 0.389. The zero-order valence-electron chi connectivity index (χ0n) is 15.0. The van der Waals surface area contributed by atoms with Gasteiger partial charge in [0.1, 0.15) is 5.75 Å². The smallest absolute Gasteiger partial charge is 0.225 e. The monoisotopic (exact) mass is 344 g/mol. The average molecular weight is 344 g/mol. The maximum absolute atomic E-state index is 12.6. The molecule has 1 unspecified atom stereocenters. The zero-order chi connectivity index (χ0) is 18.4. The third-order valence-corrected chi connectivity index (χ3v) is 3.88. The molecule has 2 aromatic rings. The molecule has 1 N–H and O–H groups in total. The summed E-state index contributed by atoms with van der Waals surface area (Å²) < 4.78 is 6.85. The van der Waals surface area contributed by atoms with Gasteiger partial charge in [-0.3, -0.25) is 14.3 Å². The first kappa shape index (κ1) is 18.5. The van der Waals surface area contributed by atoms with Crippen LogP contribution in [0, 0.1) is 0 Å². The average Bonchev–Trinajstić information content (AvgIpc) is 2.98. The molecule has 1 aromatic heterocycles. The van der Waals surface area contributed by atoms with Gasteiger partial charge in [0.2, 0.25) is 11.8 Å². The van der Waals surface area contributed by atoms with Crippen LogP contribution < -0.4 is 10.1 Å². The van der Waals surface area contributed by atoms with E-state index in [-0.39, 0.29) is 24.3 Å². The molecule has 1 heterocycles. The van der Waals surface area contributed by atoms with Crippen molar-refractivity contribution in [2.75, 3.05) is 14.2 Å². The molecule has 0 aliphatic carbocycles. The van der Waals surface area contributed by atoms with Crippen LogP contribution in [-0.2, 0) is 23.2 Å². The van der Waals surface area contributed by atoms with E-state index in [1.165, 1.54) is 6.92 Å². The molecule has 0 bridgehead atoms. The van der Waals surface area contributed by atoms with Gasteiger partial charge in [-0.05, 0) is 17.7 Å². The highest BCUT2D eigenvalue weighted by Crippen LogP contribution is 2.21. The minimum absolute atomic E-state index is 0.0570. The lowest BCUT2D eigenvalue weighted by Gasteiger charge is -2.22. The van der Waals surface area contributed by atoms with E-state index in [1.54, 1.807) is 29.9 Å². The molecule has 0 spiro atoms. The number of aryl methyl sites for hydroxylation is 1. The number of ether oxygens (including phenoxy) is 1. The van der Waals surface area contributed by atoms with Gasteiger partial charge in [-0.2, -0.15) is 5.10 Å². The summed E-state index contributed by atoms with van der Waals surface area (Å²) in [6.07, 6.45) is 3.79. The van der Waals surface area contributed by atoms with Crippen LogP contribution in [0.25, 0.3) is 0 Å². The number of aromatic nitrogens is 2. The molecule has 0 saturated heterocycles. The topological polar surface area (TPSA) is 76.5 Å². The van der Waals surface area contributed by atoms with E-state index in [0.717, 1.165) is 16.9 Å². The number of nitrogens with zero attached hydrogens (tertiary/aromatic N) is 3. The molecule has 0 saturated carbocycles. The van der Waals surface area contributed by atoms with Gasteiger partial charge in [0.05, 0.1) is 25.8 Å². The van der Waals surface area contributed by atoms with Crippen molar-refractivity contribution in [1.82, 2.24) is 20.0 Å². The highest BCUT2D eigenvalue weighted by atomic mass is 16.5. The normalized spacial score (nSPS) is 11.7. The van der Waals surface area contributed by atoms with Crippen molar-refractivity contribution in [2.24, 2.45) is 7.05 Å². The third kappa shape index (κ3) is 5.34. The quantitative estimate of drug-likeness (QED) is 0.829. The number of benzene rings is 1. The van der Waals surface area contributed by atoms with Crippen molar-refractivity contribution in [2.45, 2.75) is 25.9 Å². The molecule has 0 aliphatic rings. The lowest BCUT2D eigenvalue weighted by Crippen LogP contribution is -2.33. The lowest BCUT2D eigenvalue weighted by atomic mass is 10.0. The van der Waals surface area contributed by atoms with E-state index in [0.29, 0.717) is 6.54 Å². The Balaban J connectivity index is 2.06. The SMILES string of the molecule is COc1ccc(C(CC(=O)N(C)Cc2cnn(C)c2)NC(C)=O)cc1. The van der Waals surface area contributed by atoms with Crippen molar-refractivity contribution >= 4 is 11.8 Å². The van der Waals surface area contributed by atoms with Gasteiger partial charge < -0.3 is 15.0 Å². The Hall–Kier alpha value is -2.83. The summed E-state index contributed by atoms with van der Waals surface area (Å²) in [5, 5.41) is 6.95. The molecule has 2 amide bonds. The van der Waals surface area contributed by atoms with E-state index in [4.69, 9.17) is 4.74 Å². The van der Waals surface area contributed by atoms with Crippen molar-refractivity contribution in [1.29, 1.82) is 0 Å². The van der Waals surface area contributed by atoms with Crippen molar-refractivity contribution in [3.05, 3.63) is 47.8 Å². The van der Waals surface area contributed by atoms with Gasteiger partial charge in [-0.25, -0.2) is 0 Å². The second kappa shape index (κ2) is 8.32. The van der Waals surface area contributed by atoms with Crippen LogP contribution in [0.1, 0.15) is 30.5 Å². The first-order valence-electron chi connectivity index (χ1n) is 8.01. The van der Waals surface area contributed by atoms with Crippen LogP contribution in [0.3, 0.4) is 0 Å². The molecular formula is C18H24N4O3. The van der Waals surface area contributed by atoms with Crippen LogP contribution in [0.15, 0.2) is 36.7 Å². The Labute approximate surface area is 147 Å². The molecule has 0 aliphatic heterocycles. The van der Waals surface area contributed by atoms with E-state index in [1.807, 2.05) is 37.5 Å². The number of hydrogen-bond donors (Lipinski definition) is 1. The molecule has 0 radical (unpaired) electrons. The van der Waals surface area contributed by atoms with Gasteiger partial charge in [-0.1, -0.05) is 12.1 Å². The highest BCUT2D eigenvalue weighted by Gasteiger charge is 2.20. The minimum atomic E-state index is -0.382. The number of carbonyl (C=O) groups excluding carboxylic acids is 2.